The van der Waals surface area contributed by atoms with Crippen molar-refractivity contribution in [1.29, 1.82) is 0 Å². The fourth-order valence-corrected chi connectivity index (χ4v) is 2.72. The molecule has 0 N–H and O–H groups in total. The molecule has 0 spiro atoms. The van der Waals surface area contributed by atoms with Crippen LogP contribution in [0.3, 0.4) is 0 Å². The summed E-state index contributed by atoms with van der Waals surface area (Å²) in [5.74, 6) is 2.13. The molecule has 104 valence electrons. The van der Waals surface area contributed by atoms with Crippen LogP contribution in [0.5, 0.6) is 11.5 Å². The molecule has 1 aliphatic heterocycles. The van der Waals surface area contributed by atoms with E-state index in [9.17, 15) is 4.79 Å². The van der Waals surface area contributed by atoms with Gasteiger partial charge in [0.15, 0.2) is 0 Å². The van der Waals surface area contributed by atoms with E-state index in [1.807, 2.05) is 23.1 Å². The summed E-state index contributed by atoms with van der Waals surface area (Å²) < 4.78 is 10.5. The second-order valence-electron chi connectivity index (χ2n) is 4.72. The Balaban J connectivity index is 2.12. The van der Waals surface area contributed by atoms with E-state index in [1.165, 1.54) is 0 Å². The molecule has 0 bridgehead atoms. The van der Waals surface area contributed by atoms with E-state index in [4.69, 9.17) is 9.47 Å². The molecule has 5 heteroatoms. The molecule has 2 rings (SSSR count). The third-order valence-corrected chi connectivity index (χ3v) is 4.21. The number of alkyl halides is 1. The number of carbonyl (C=O) groups is 1. The number of carbonyl (C=O) groups excluding carboxylic acids is 1. The van der Waals surface area contributed by atoms with Gasteiger partial charge in [-0.05, 0) is 23.6 Å². The number of likely N-dealkylation sites (tertiary alicyclic amines) is 1. The van der Waals surface area contributed by atoms with Gasteiger partial charge in [0.1, 0.15) is 11.5 Å². The Morgan fingerprint density at radius 3 is 2.37 bits per heavy atom. The summed E-state index contributed by atoms with van der Waals surface area (Å²) in [6.45, 7) is 1.42. The highest BCUT2D eigenvalue weighted by Crippen LogP contribution is 2.26. The molecular formula is C14H18BrNO3. The zero-order valence-electron chi connectivity index (χ0n) is 11.2. The number of amides is 1. The highest BCUT2D eigenvalue weighted by molar-refractivity contribution is 9.09. The van der Waals surface area contributed by atoms with Crippen molar-refractivity contribution in [3.05, 3.63) is 23.8 Å². The molecular weight excluding hydrogens is 310 g/mol. The van der Waals surface area contributed by atoms with E-state index in [2.05, 4.69) is 15.9 Å². The van der Waals surface area contributed by atoms with E-state index < -0.39 is 0 Å². The minimum atomic E-state index is 0.214. The summed E-state index contributed by atoms with van der Waals surface area (Å²) in [6.07, 6.45) is 0.631. The summed E-state index contributed by atoms with van der Waals surface area (Å²) in [5.41, 5.74) is 1.03. The van der Waals surface area contributed by atoms with Gasteiger partial charge in [-0.15, -0.1) is 0 Å². The smallest absolute Gasteiger partial charge is 0.223 e. The molecule has 1 atom stereocenters. The summed E-state index contributed by atoms with van der Waals surface area (Å²) in [5, 5.41) is 0.872. The number of methoxy groups -OCH3 is 2. The van der Waals surface area contributed by atoms with Crippen LogP contribution in [0.1, 0.15) is 12.0 Å². The Morgan fingerprint density at radius 1 is 1.26 bits per heavy atom. The summed E-state index contributed by atoms with van der Waals surface area (Å²) in [4.78, 5) is 13.8. The Kier molecular flexibility index (Phi) is 4.69. The maximum Gasteiger partial charge on any atom is 0.223 e. The highest BCUT2D eigenvalue weighted by atomic mass is 79.9. The van der Waals surface area contributed by atoms with Crippen LogP contribution in [-0.2, 0) is 11.3 Å². The second-order valence-corrected chi connectivity index (χ2v) is 5.37. The normalized spacial score (nSPS) is 18.8. The third kappa shape index (κ3) is 3.41. The molecule has 1 aromatic rings. The molecule has 1 amide bonds. The van der Waals surface area contributed by atoms with E-state index in [0.29, 0.717) is 18.9 Å². The maximum absolute atomic E-state index is 11.9. The number of ether oxygens (including phenoxy) is 2. The Hall–Kier alpha value is -1.23. The zero-order chi connectivity index (χ0) is 13.8. The molecule has 0 aliphatic carbocycles. The van der Waals surface area contributed by atoms with Crippen molar-refractivity contribution in [1.82, 2.24) is 4.90 Å². The second kappa shape index (κ2) is 6.28. The maximum atomic E-state index is 11.9. The molecule has 1 unspecified atom stereocenters. The average molecular weight is 328 g/mol. The van der Waals surface area contributed by atoms with Crippen molar-refractivity contribution in [2.75, 3.05) is 26.1 Å². The van der Waals surface area contributed by atoms with Crippen LogP contribution in [-0.4, -0.2) is 36.9 Å². The number of benzene rings is 1. The van der Waals surface area contributed by atoms with Gasteiger partial charge in [0, 0.05) is 30.9 Å². The zero-order valence-corrected chi connectivity index (χ0v) is 12.8. The van der Waals surface area contributed by atoms with E-state index in [1.54, 1.807) is 14.2 Å². The lowest BCUT2D eigenvalue weighted by atomic mass is 10.1. The molecule has 1 fully saturated rings. The standard InChI is InChI=1S/C14H18BrNO3/c1-18-12-3-10(4-13(6-12)19-2)8-16-9-11(7-15)5-14(16)17/h3-4,6,11H,5,7-9H2,1-2H3. The predicted octanol–water partition coefficient (Wildman–Crippen LogP) is 2.45. The summed E-state index contributed by atoms with van der Waals surface area (Å²) in [6, 6.07) is 5.71. The summed E-state index contributed by atoms with van der Waals surface area (Å²) >= 11 is 3.44. The first-order valence-electron chi connectivity index (χ1n) is 6.22. The van der Waals surface area contributed by atoms with Gasteiger partial charge in [0.05, 0.1) is 14.2 Å². The molecule has 1 saturated heterocycles. The number of nitrogens with zero attached hydrogens (tertiary/aromatic N) is 1. The third-order valence-electron chi connectivity index (χ3n) is 3.30. The lowest BCUT2D eigenvalue weighted by Crippen LogP contribution is -2.24. The fraction of sp³-hybridized carbons (Fsp3) is 0.500. The first-order valence-corrected chi connectivity index (χ1v) is 7.34. The van der Waals surface area contributed by atoms with Crippen LogP contribution in [0.2, 0.25) is 0 Å². The van der Waals surface area contributed by atoms with Crippen molar-refractivity contribution in [2.45, 2.75) is 13.0 Å². The molecule has 19 heavy (non-hydrogen) atoms. The first kappa shape index (κ1) is 14.2. The van der Waals surface area contributed by atoms with Gasteiger partial charge in [-0.3, -0.25) is 4.79 Å². The Bertz CT molecular complexity index is 442. The van der Waals surface area contributed by atoms with Crippen LogP contribution in [0.4, 0.5) is 0 Å². The fourth-order valence-electron chi connectivity index (χ4n) is 2.29. The van der Waals surface area contributed by atoms with Gasteiger partial charge in [0.25, 0.3) is 0 Å². The highest BCUT2D eigenvalue weighted by Gasteiger charge is 2.28. The van der Waals surface area contributed by atoms with E-state index in [0.717, 1.165) is 28.9 Å². The first-order chi connectivity index (χ1) is 9.16. The largest absolute Gasteiger partial charge is 0.497 e. The Labute approximate surface area is 121 Å². The van der Waals surface area contributed by atoms with E-state index >= 15 is 0 Å². The molecule has 0 radical (unpaired) electrons. The topological polar surface area (TPSA) is 38.8 Å². The van der Waals surface area contributed by atoms with Crippen LogP contribution < -0.4 is 9.47 Å². The van der Waals surface area contributed by atoms with Crippen LogP contribution in [0.25, 0.3) is 0 Å². The average Bonchev–Trinajstić information content (AvgIpc) is 2.79. The number of hydrogen-bond donors (Lipinski definition) is 0. The van der Waals surface area contributed by atoms with Crippen molar-refractivity contribution < 1.29 is 14.3 Å². The number of halogens is 1. The van der Waals surface area contributed by atoms with E-state index in [-0.39, 0.29) is 5.91 Å². The van der Waals surface area contributed by atoms with Crippen LogP contribution in [0.15, 0.2) is 18.2 Å². The van der Waals surface area contributed by atoms with Crippen LogP contribution in [0, 0.1) is 5.92 Å². The Morgan fingerprint density at radius 2 is 1.89 bits per heavy atom. The van der Waals surface area contributed by atoms with Crippen molar-refractivity contribution >= 4 is 21.8 Å². The number of hydrogen-bond acceptors (Lipinski definition) is 3. The predicted molar refractivity (Wildman–Crippen MR) is 76.9 cm³/mol. The van der Waals surface area contributed by atoms with Crippen LogP contribution >= 0.6 is 15.9 Å². The minimum absolute atomic E-state index is 0.214. The van der Waals surface area contributed by atoms with Gasteiger partial charge in [-0.25, -0.2) is 0 Å². The molecule has 4 nitrogen and oxygen atoms in total. The quantitative estimate of drug-likeness (QED) is 0.780. The van der Waals surface area contributed by atoms with Crippen molar-refractivity contribution in [3.8, 4) is 11.5 Å². The lowest BCUT2D eigenvalue weighted by Gasteiger charge is -2.17. The summed E-state index contributed by atoms with van der Waals surface area (Å²) in [7, 11) is 3.25. The van der Waals surface area contributed by atoms with Gasteiger partial charge >= 0.3 is 0 Å². The van der Waals surface area contributed by atoms with Crippen molar-refractivity contribution in [3.63, 3.8) is 0 Å². The van der Waals surface area contributed by atoms with Gasteiger partial charge in [0.2, 0.25) is 5.91 Å². The minimum Gasteiger partial charge on any atom is -0.497 e. The number of rotatable bonds is 5. The lowest BCUT2D eigenvalue weighted by molar-refractivity contribution is -0.128. The molecule has 0 aromatic heterocycles. The molecule has 0 saturated carbocycles. The monoisotopic (exact) mass is 327 g/mol. The molecule has 1 heterocycles. The van der Waals surface area contributed by atoms with Gasteiger partial charge < -0.3 is 14.4 Å². The van der Waals surface area contributed by atoms with Crippen molar-refractivity contribution in [2.24, 2.45) is 5.92 Å². The molecule has 1 aliphatic rings. The SMILES string of the molecule is COc1cc(CN2CC(CBr)CC2=O)cc(OC)c1. The van der Waals surface area contributed by atoms with Gasteiger partial charge in [-0.1, -0.05) is 15.9 Å². The van der Waals surface area contributed by atoms with Gasteiger partial charge in [-0.2, -0.15) is 0 Å². The molecule has 1 aromatic carbocycles.